The Kier molecular flexibility index (Phi) is 5.35. The Bertz CT molecular complexity index is 595. The van der Waals surface area contributed by atoms with Crippen molar-refractivity contribution in [3.63, 3.8) is 0 Å². The summed E-state index contributed by atoms with van der Waals surface area (Å²) in [5.41, 5.74) is 5.57. The monoisotopic (exact) mass is 309 g/mol. The van der Waals surface area contributed by atoms with E-state index in [-0.39, 0.29) is 30.5 Å². The molecule has 0 saturated carbocycles. The Morgan fingerprint density at radius 3 is 3.00 bits per heavy atom. The fourth-order valence-corrected chi connectivity index (χ4v) is 2.04. The van der Waals surface area contributed by atoms with Crippen LogP contribution in [0.2, 0.25) is 0 Å². The molecule has 10 heteroatoms. The summed E-state index contributed by atoms with van der Waals surface area (Å²) in [7, 11) is 0. The van der Waals surface area contributed by atoms with Crippen molar-refractivity contribution in [2.75, 3.05) is 18.4 Å². The highest BCUT2D eigenvalue weighted by Crippen LogP contribution is 2.10. The number of aromatic nitrogens is 4. The normalized spacial score (nSPS) is 10.3. The molecule has 0 aliphatic heterocycles. The summed E-state index contributed by atoms with van der Waals surface area (Å²) in [5, 5.41) is 15.0. The van der Waals surface area contributed by atoms with E-state index in [1.807, 2.05) is 0 Å². The van der Waals surface area contributed by atoms with Crippen molar-refractivity contribution in [1.82, 2.24) is 25.3 Å². The number of hydrogen-bond donors (Lipinski definition) is 3. The van der Waals surface area contributed by atoms with E-state index in [2.05, 4.69) is 25.9 Å². The second-order valence-electron chi connectivity index (χ2n) is 4.05. The SMILES string of the molecule is NCCn1cc(C(=O)NCCC(=O)Nc2nccs2)nn1. The van der Waals surface area contributed by atoms with Gasteiger partial charge in [0.25, 0.3) is 5.91 Å². The van der Waals surface area contributed by atoms with Gasteiger partial charge in [0.1, 0.15) is 0 Å². The summed E-state index contributed by atoms with van der Waals surface area (Å²) in [6.07, 6.45) is 3.27. The minimum absolute atomic E-state index is 0.155. The van der Waals surface area contributed by atoms with Crippen LogP contribution >= 0.6 is 11.3 Å². The first-order chi connectivity index (χ1) is 10.2. The average Bonchev–Trinajstić information content (AvgIpc) is 3.10. The van der Waals surface area contributed by atoms with Crippen LogP contribution in [0.4, 0.5) is 5.13 Å². The molecule has 2 aromatic rings. The summed E-state index contributed by atoms with van der Waals surface area (Å²) in [6.45, 7) is 1.12. The van der Waals surface area contributed by atoms with Gasteiger partial charge in [-0.25, -0.2) is 4.98 Å². The molecule has 0 unspecified atom stereocenters. The summed E-state index contributed by atoms with van der Waals surface area (Å²) in [5.74, 6) is -0.586. The van der Waals surface area contributed by atoms with Gasteiger partial charge in [-0.05, 0) is 0 Å². The molecule has 0 aliphatic carbocycles. The van der Waals surface area contributed by atoms with Crippen molar-refractivity contribution in [3.05, 3.63) is 23.5 Å². The van der Waals surface area contributed by atoms with Crippen LogP contribution in [0.1, 0.15) is 16.9 Å². The molecule has 0 aliphatic rings. The van der Waals surface area contributed by atoms with Gasteiger partial charge in [-0.2, -0.15) is 0 Å². The number of hydrogen-bond acceptors (Lipinski definition) is 7. The van der Waals surface area contributed by atoms with Gasteiger partial charge in [-0.15, -0.1) is 16.4 Å². The molecule has 112 valence electrons. The molecule has 0 aromatic carbocycles. The van der Waals surface area contributed by atoms with Gasteiger partial charge >= 0.3 is 0 Å². The maximum absolute atomic E-state index is 11.8. The minimum Gasteiger partial charge on any atom is -0.350 e. The van der Waals surface area contributed by atoms with Crippen LogP contribution < -0.4 is 16.4 Å². The van der Waals surface area contributed by atoms with Crippen LogP contribution in [0.5, 0.6) is 0 Å². The number of anilines is 1. The number of carbonyl (C=O) groups is 2. The third-order valence-electron chi connectivity index (χ3n) is 2.45. The van der Waals surface area contributed by atoms with Gasteiger partial charge < -0.3 is 16.4 Å². The lowest BCUT2D eigenvalue weighted by Gasteiger charge is -2.03. The van der Waals surface area contributed by atoms with E-state index >= 15 is 0 Å². The third kappa shape index (κ3) is 4.61. The van der Waals surface area contributed by atoms with Crippen LogP contribution in [0.3, 0.4) is 0 Å². The van der Waals surface area contributed by atoms with E-state index in [0.717, 1.165) is 0 Å². The zero-order valence-corrected chi connectivity index (χ0v) is 12.0. The van der Waals surface area contributed by atoms with E-state index in [4.69, 9.17) is 5.73 Å². The lowest BCUT2D eigenvalue weighted by molar-refractivity contribution is -0.116. The summed E-state index contributed by atoms with van der Waals surface area (Å²) >= 11 is 1.33. The zero-order chi connectivity index (χ0) is 15.1. The smallest absolute Gasteiger partial charge is 0.273 e. The van der Waals surface area contributed by atoms with Crippen molar-refractivity contribution in [3.8, 4) is 0 Å². The first kappa shape index (κ1) is 15.1. The highest BCUT2D eigenvalue weighted by molar-refractivity contribution is 7.13. The average molecular weight is 309 g/mol. The van der Waals surface area contributed by atoms with E-state index in [1.54, 1.807) is 11.6 Å². The predicted molar refractivity (Wildman–Crippen MR) is 76.8 cm³/mol. The fraction of sp³-hybridized carbons (Fsp3) is 0.364. The molecule has 0 radical (unpaired) electrons. The van der Waals surface area contributed by atoms with E-state index in [1.165, 1.54) is 22.2 Å². The van der Waals surface area contributed by atoms with Crippen LogP contribution in [0.15, 0.2) is 17.8 Å². The van der Waals surface area contributed by atoms with Crippen molar-refractivity contribution < 1.29 is 9.59 Å². The number of carbonyl (C=O) groups excluding carboxylic acids is 2. The van der Waals surface area contributed by atoms with Crippen LogP contribution in [-0.2, 0) is 11.3 Å². The molecule has 2 heterocycles. The maximum Gasteiger partial charge on any atom is 0.273 e. The lowest BCUT2D eigenvalue weighted by Crippen LogP contribution is -2.28. The van der Waals surface area contributed by atoms with E-state index in [9.17, 15) is 9.59 Å². The number of amides is 2. The molecule has 9 nitrogen and oxygen atoms in total. The highest BCUT2D eigenvalue weighted by Gasteiger charge is 2.11. The zero-order valence-electron chi connectivity index (χ0n) is 11.2. The number of thiazole rings is 1. The number of nitrogens with two attached hydrogens (primary N) is 1. The van der Waals surface area contributed by atoms with Gasteiger partial charge in [0.05, 0.1) is 12.7 Å². The van der Waals surface area contributed by atoms with Gasteiger partial charge in [0.2, 0.25) is 5.91 Å². The van der Waals surface area contributed by atoms with E-state index in [0.29, 0.717) is 18.2 Å². The second-order valence-corrected chi connectivity index (χ2v) is 4.94. The van der Waals surface area contributed by atoms with Crippen LogP contribution in [-0.4, -0.2) is 44.9 Å². The summed E-state index contributed by atoms with van der Waals surface area (Å²) < 4.78 is 1.49. The van der Waals surface area contributed by atoms with Crippen molar-refractivity contribution in [2.45, 2.75) is 13.0 Å². The molecule has 0 spiro atoms. The Balaban J connectivity index is 1.72. The number of nitrogens with zero attached hydrogens (tertiary/aromatic N) is 4. The standard InChI is InChI=1S/C11H15N7O2S/c12-2-5-18-7-8(16-17-18)10(20)13-3-1-9(19)15-11-14-4-6-21-11/h4,6-7H,1-3,5,12H2,(H,13,20)(H,14,15,19). The first-order valence-corrected chi connectivity index (χ1v) is 7.14. The van der Waals surface area contributed by atoms with Gasteiger partial charge in [0.15, 0.2) is 10.8 Å². The van der Waals surface area contributed by atoms with Gasteiger partial charge in [-0.3, -0.25) is 14.3 Å². The molecule has 4 N–H and O–H groups in total. The van der Waals surface area contributed by atoms with Crippen molar-refractivity contribution >= 4 is 28.3 Å². The molecular formula is C11H15N7O2S. The molecule has 2 amide bonds. The highest BCUT2D eigenvalue weighted by atomic mass is 32.1. The Labute approximate surface area is 124 Å². The van der Waals surface area contributed by atoms with Crippen molar-refractivity contribution in [1.29, 1.82) is 0 Å². The second kappa shape index (κ2) is 7.45. The lowest BCUT2D eigenvalue weighted by atomic mass is 10.3. The maximum atomic E-state index is 11.8. The van der Waals surface area contributed by atoms with Crippen molar-refractivity contribution in [2.24, 2.45) is 5.73 Å². The molecule has 2 aromatic heterocycles. The van der Waals surface area contributed by atoms with E-state index < -0.39 is 0 Å². The first-order valence-electron chi connectivity index (χ1n) is 6.27. The van der Waals surface area contributed by atoms with Gasteiger partial charge in [0, 0.05) is 31.1 Å². The molecular weight excluding hydrogens is 294 g/mol. The largest absolute Gasteiger partial charge is 0.350 e. The quantitative estimate of drug-likeness (QED) is 0.629. The molecule has 21 heavy (non-hydrogen) atoms. The van der Waals surface area contributed by atoms with Gasteiger partial charge in [-0.1, -0.05) is 5.21 Å². The van der Waals surface area contributed by atoms with Crippen LogP contribution in [0, 0.1) is 0 Å². The Morgan fingerprint density at radius 2 is 2.29 bits per heavy atom. The summed E-state index contributed by atoms with van der Waals surface area (Å²) in [6, 6.07) is 0. The number of nitrogens with one attached hydrogen (secondary N) is 2. The third-order valence-corrected chi connectivity index (χ3v) is 3.13. The molecule has 2 rings (SSSR count). The topological polar surface area (TPSA) is 128 Å². The van der Waals surface area contributed by atoms with Crippen LogP contribution in [0.25, 0.3) is 0 Å². The molecule has 0 fully saturated rings. The minimum atomic E-state index is -0.375. The Morgan fingerprint density at radius 1 is 1.43 bits per heavy atom. The predicted octanol–water partition coefficient (Wildman–Crippen LogP) is -0.548. The summed E-state index contributed by atoms with van der Waals surface area (Å²) in [4.78, 5) is 27.3. The number of rotatable bonds is 7. The molecule has 0 atom stereocenters. The molecule has 0 bridgehead atoms. The fourth-order valence-electron chi connectivity index (χ4n) is 1.49. The molecule has 0 saturated heterocycles. The Hall–Kier alpha value is -2.33.